The van der Waals surface area contributed by atoms with Crippen LogP contribution in [0.25, 0.3) is 11.3 Å². The van der Waals surface area contributed by atoms with Crippen molar-refractivity contribution in [3.8, 4) is 34.3 Å². The lowest BCUT2D eigenvalue weighted by Crippen LogP contribution is -2.28. The van der Waals surface area contributed by atoms with Gasteiger partial charge in [0.2, 0.25) is 19.5 Å². The van der Waals surface area contributed by atoms with E-state index in [2.05, 4.69) is 10.5 Å². The van der Waals surface area contributed by atoms with E-state index in [0.29, 0.717) is 40.1 Å². The molecule has 1 N–H and O–H groups in total. The molecule has 146 valence electrons. The van der Waals surface area contributed by atoms with Crippen LogP contribution in [0.4, 0.5) is 5.69 Å². The first-order valence-corrected chi connectivity index (χ1v) is 9.30. The molecular weight excluding hydrogens is 376 g/mol. The van der Waals surface area contributed by atoms with Crippen molar-refractivity contribution >= 4 is 11.6 Å². The molecule has 0 bridgehead atoms. The van der Waals surface area contributed by atoms with Crippen LogP contribution in [0.2, 0.25) is 0 Å². The summed E-state index contributed by atoms with van der Waals surface area (Å²) < 4.78 is 27.0. The number of fused-ring (bicyclic) bond motifs is 2. The molecule has 1 aromatic heterocycles. The number of benzene rings is 2. The molecular formula is C21H16N2O6. The Bertz CT molecular complexity index is 1130. The van der Waals surface area contributed by atoms with Crippen molar-refractivity contribution < 1.29 is 28.3 Å². The fourth-order valence-corrected chi connectivity index (χ4v) is 3.64. The van der Waals surface area contributed by atoms with E-state index < -0.39 is 5.41 Å². The normalized spacial score (nSPS) is 17.2. The Morgan fingerprint density at radius 1 is 0.862 bits per heavy atom. The molecule has 3 heterocycles. The predicted molar refractivity (Wildman–Crippen MR) is 100 cm³/mol. The molecule has 3 aliphatic rings. The van der Waals surface area contributed by atoms with Gasteiger partial charge in [0.15, 0.2) is 28.8 Å². The number of ether oxygens (including phenoxy) is 4. The molecule has 1 amide bonds. The number of hydrogen-bond acceptors (Lipinski definition) is 7. The Balaban J connectivity index is 1.24. The number of hydrogen-bond donors (Lipinski definition) is 1. The van der Waals surface area contributed by atoms with E-state index in [9.17, 15) is 4.79 Å². The molecule has 2 aromatic carbocycles. The van der Waals surface area contributed by atoms with Gasteiger partial charge >= 0.3 is 0 Å². The number of amides is 1. The number of carbonyl (C=O) groups excluding carboxylic acids is 1. The van der Waals surface area contributed by atoms with Gasteiger partial charge in [0.25, 0.3) is 0 Å². The standard InChI is InChI=1S/C21H16N2O6/c24-20(22-13-2-4-15-18(8-13)28-11-26-15)21(5-6-21)19-9-16(29-23-19)12-1-3-14-17(7-12)27-10-25-14/h1-4,7-9H,5-6,10-11H2,(H,22,24). The lowest BCUT2D eigenvalue weighted by molar-refractivity contribution is -0.118. The maximum atomic E-state index is 13.0. The van der Waals surface area contributed by atoms with Crippen molar-refractivity contribution in [2.24, 2.45) is 0 Å². The van der Waals surface area contributed by atoms with Gasteiger partial charge in [-0.05, 0) is 43.2 Å². The molecule has 0 unspecified atom stereocenters. The number of aromatic nitrogens is 1. The summed E-state index contributed by atoms with van der Waals surface area (Å²) in [5, 5.41) is 7.15. The lowest BCUT2D eigenvalue weighted by Gasteiger charge is -2.12. The zero-order valence-corrected chi connectivity index (χ0v) is 15.3. The summed E-state index contributed by atoms with van der Waals surface area (Å²) in [4.78, 5) is 13.0. The topological polar surface area (TPSA) is 92.1 Å². The number of rotatable bonds is 4. The highest BCUT2D eigenvalue weighted by Gasteiger charge is 2.54. The third-order valence-corrected chi connectivity index (χ3v) is 5.47. The van der Waals surface area contributed by atoms with Gasteiger partial charge in [0, 0.05) is 23.4 Å². The fourth-order valence-electron chi connectivity index (χ4n) is 3.64. The first kappa shape index (κ1) is 16.3. The lowest BCUT2D eigenvalue weighted by atomic mass is 10.00. The smallest absolute Gasteiger partial charge is 0.236 e. The molecule has 0 saturated heterocycles. The van der Waals surface area contributed by atoms with Gasteiger partial charge < -0.3 is 28.8 Å². The minimum atomic E-state index is -0.672. The van der Waals surface area contributed by atoms with E-state index in [4.69, 9.17) is 23.5 Å². The van der Waals surface area contributed by atoms with Crippen LogP contribution in [-0.2, 0) is 10.2 Å². The van der Waals surface area contributed by atoms with E-state index in [1.165, 1.54) is 0 Å². The Kier molecular flexibility index (Phi) is 3.32. The van der Waals surface area contributed by atoms with Gasteiger partial charge in [-0.25, -0.2) is 0 Å². The van der Waals surface area contributed by atoms with E-state index in [-0.39, 0.29) is 19.5 Å². The molecule has 1 saturated carbocycles. The Morgan fingerprint density at radius 2 is 1.55 bits per heavy atom. The molecule has 8 heteroatoms. The molecule has 3 aromatic rings. The summed E-state index contributed by atoms with van der Waals surface area (Å²) in [6.45, 7) is 0.405. The van der Waals surface area contributed by atoms with Crippen molar-refractivity contribution in [3.05, 3.63) is 48.2 Å². The van der Waals surface area contributed by atoms with Crippen LogP contribution in [0.1, 0.15) is 18.5 Å². The maximum Gasteiger partial charge on any atom is 0.236 e. The number of nitrogens with one attached hydrogen (secondary N) is 1. The van der Waals surface area contributed by atoms with Gasteiger partial charge in [-0.2, -0.15) is 0 Å². The van der Waals surface area contributed by atoms with Crippen LogP contribution in [0.3, 0.4) is 0 Å². The summed E-state index contributed by atoms with van der Waals surface area (Å²) >= 11 is 0. The fraction of sp³-hybridized carbons (Fsp3) is 0.238. The molecule has 0 atom stereocenters. The van der Waals surface area contributed by atoms with E-state index in [1.54, 1.807) is 18.2 Å². The average molecular weight is 392 g/mol. The van der Waals surface area contributed by atoms with Crippen LogP contribution in [0.15, 0.2) is 47.0 Å². The summed E-state index contributed by atoms with van der Waals surface area (Å²) in [7, 11) is 0. The molecule has 1 aliphatic carbocycles. The Hall–Kier alpha value is -3.68. The minimum absolute atomic E-state index is 0.109. The molecule has 0 spiro atoms. The highest BCUT2D eigenvalue weighted by molar-refractivity contribution is 6.01. The van der Waals surface area contributed by atoms with Crippen LogP contribution < -0.4 is 24.3 Å². The summed E-state index contributed by atoms with van der Waals surface area (Å²) in [5.74, 6) is 3.15. The van der Waals surface area contributed by atoms with E-state index in [1.807, 2.05) is 24.3 Å². The molecule has 8 nitrogen and oxygen atoms in total. The molecule has 6 rings (SSSR count). The van der Waals surface area contributed by atoms with Gasteiger partial charge in [-0.3, -0.25) is 4.79 Å². The third kappa shape index (κ3) is 2.60. The van der Waals surface area contributed by atoms with Crippen molar-refractivity contribution in [2.75, 3.05) is 18.9 Å². The third-order valence-electron chi connectivity index (χ3n) is 5.47. The van der Waals surface area contributed by atoms with E-state index >= 15 is 0 Å². The van der Waals surface area contributed by atoms with Crippen molar-refractivity contribution in [2.45, 2.75) is 18.3 Å². The first-order chi connectivity index (χ1) is 14.2. The van der Waals surface area contributed by atoms with Crippen molar-refractivity contribution in [1.82, 2.24) is 5.16 Å². The highest BCUT2D eigenvalue weighted by atomic mass is 16.7. The van der Waals surface area contributed by atoms with Crippen LogP contribution in [0.5, 0.6) is 23.0 Å². The van der Waals surface area contributed by atoms with Crippen LogP contribution in [0, 0.1) is 0 Å². The van der Waals surface area contributed by atoms with Crippen LogP contribution >= 0.6 is 0 Å². The number of carbonyl (C=O) groups is 1. The van der Waals surface area contributed by atoms with Crippen molar-refractivity contribution in [1.29, 1.82) is 0 Å². The Labute approximate surface area is 165 Å². The maximum absolute atomic E-state index is 13.0. The second-order valence-corrected chi connectivity index (χ2v) is 7.25. The molecule has 29 heavy (non-hydrogen) atoms. The average Bonchev–Trinajstić information content (AvgIpc) is 3.12. The Morgan fingerprint density at radius 3 is 2.31 bits per heavy atom. The van der Waals surface area contributed by atoms with Crippen molar-refractivity contribution in [3.63, 3.8) is 0 Å². The van der Waals surface area contributed by atoms with E-state index in [0.717, 1.165) is 18.4 Å². The highest BCUT2D eigenvalue weighted by Crippen LogP contribution is 2.49. The zero-order valence-electron chi connectivity index (χ0n) is 15.3. The van der Waals surface area contributed by atoms with Gasteiger partial charge in [0.05, 0.1) is 11.1 Å². The second-order valence-electron chi connectivity index (χ2n) is 7.25. The molecule has 1 fully saturated rings. The molecule has 0 radical (unpaired) electrons. The number of anilines is 1. The first-order valence-electron chi connectivity index (χ1n) is 9.30. The van der Waals surface area contributed by atoms with Crippen LogP contribution in [-0.4, -0.2) is 24.6 Å². The van der Waals surface area contributed by atoms with Gasteiger partial charge in [0.1, 0.15) is 0 Å². The summed E-state index contributed by atoms with van der Waals surface area (Å²) in [6.07, 6.45) is 1.44. The SMILES string of the molecule is O=C(Nc1ccc2c(c1)OCO2)C1(c2cc(-c3ccc4c(c3)OCO4)on2)CC1. The summed E-state index contributed by atoms with van der Waals surface area (Å²) in [5.41, 5.74) is 1.43. The van der Waals surface area contributed by atoms with Gasteiger partial charge in [-0.15, -0.1) is 0 Å². The zero-order chi connectivity index (χ0) is 19.4. The minimum Gasteiger partial charge on any atom is -0.454 e. The molecule has 2 aliphatic heterocycles. The largest absolute Gasteiger partial charge is 0.454 e. The van der Waals surface area contributed by atoms with Gasteiger partial charge in [-0.1, -0.05) is 5.16 Å². The monoisotopic (exact) mass is 392 g/mol. The summed E-state index contributed by atoms with van der Waals surface area (Å²) in [6, 6.07) is 12.7. The second kappa shape index (κ2) is 5.91. The number of nitrogens with zero attached hydrogens (tertiary/aromatic N) is 1. The quantitative estimate of drug-likeness (QED) is 0.727. The predicted octanol–water partition coefficient (Wildman–Crippen LogP) is 3.47.